The van der Waals surface area contributed by atoms with Crippen LogP contribution in [0.2, 0.25) is 0 Å². The van der Waals surface area contributed by atoms with E-state index in [1.807, 2.05) is 0 Å². The van der Waals surface area contributed by atoms with E-state index >= 15 is 4.39 Å². The molecule has 0 saturated heterocycles. The summed E-state index contributed by atoms with van der Waals surface area (Å²) in [5.74, 6) is -0.723. The number of carbonyl (C=O) groups excluding carboxylic acids is 2. The zero-order chi connectivity index (χ0) is 43.2. The summed E-state index contributed by atoms with van der Waals surface area (Å²) in [6.45, 7) is 10.9. The summed E-state index contributed by atoms with van der Waals surface area (Å²) in [5, 5.41) is 0. The van der Waals surface area contributed by atoms with Crippen LogP contribution in [0.1, 0.15) is 52.7 Å². The van der Waals surface area contributed by atoms with Crippen LogP contribution in [0.25, 0.3) is 11.3 Å². The molecule has 15 nitrogen and oxygen atoms in total. The van der Waals surface area contributed by atoms with Crippen LogP contribution in [0, 0.1) is 5.82 Å². The van der Waals surface area contributed by atoms with E-state index in [-0.39, 0.29) is 39.9 Å². The molecular weight excluding hydrogens is 859 g/mol. The van der Waals surface area contributed by atoms with Crippen molar-refractivity contribution in [3.05, 3.63) is 113 Å². The average molecular weight is 906 g/mol. The van der Waals surface area contributed by atoms with Gasteiger partial charge < -0.3 is 24.0 Å². The highest BCUT2D eigenvalue weighted by atomic mass is 79.9. The van der Waals surface area contributed by atoms with Crippen molar-refractivity contribution in [1.29, 1.82) is 0 Å². The molecule has 5 rings (SSSR count). The summed E-state index contributed by atoms with van der Waals surface area (Å²) in [6, 6.07) is 13.6. The van der Waals surface area contributed by atoms with E-state index in [9.17, 15) is 26.4 Å². The Hall–Kier alpha value is -5.27. The van der Waals surface area contributed by atoms with Crippen LogP contribution in [-0.2, 0) is 42.6 Å². The first kappa shape index (κ1) is 45.4. The van der Waals surface area contributed by atoms with E-state index in [4.69, 9.17) is 14.2 Å². The van der Waals surface area contributed by atoms with Crippen molar-refractivity contribution >= 4 is 48.2 Å². The maximum absolute atomic E-state index is 15.1. The molecule has 0 unspecified atom stereocenters. The highest BCUT2D eigenvalue weighted by molar-refractivity contribution is 9.10. The Labute approximate surface area is 346 Å². The topological polar surface area (TPSA) is 172 Å². The number of halogens is 2. The van der Waals surface area contributed by atoms with Crippen molar-refractivity contribution in [2.45, 2.75) is 75.6 Å². The quantitative estimate of drug-likeness (QED) is 0.136. The fraction of sp³-hybridized carbons (Fsp3) is 0.333. The van der Waals surface area contributed by atoms with Gasteiger partial charge in [0.2, 0.25) is 0 Å². The number of hydrogen-bond donors (Lipinski definition) is 0. The van der Waals surface area contributed by atoms with Crippen LogP contribution in [0.3, 0.4) is 0 Å². The average Bonchev–Trinajstić information content (AvgIpc) is 3.74. The Morgan fingerprint density at radius 1 is 0.741 bits per heavy atom. The first-order valence-electron chi connectivity index (χ1n) is 17.5. The maximum Gasteiger partial charge on any atom is 0.410 e. The third kappa shape index (κ3) is 11.4. The molecule has 5 aromatic rings. The van der Waals surface area contributed by atoms with Gasteiger partial charge in [-0.25, -0.2) is 38.8 Å². The third-order valence-electron chi connectivity index (χ3n) is 7.73. The molecule has 58 heavy (non-hydrogen) atoms. The van der Waals surface area contributed by atoms with Gasteiger partial charge in [-0.2, -0.15) is 0 Å². The van der Waals surface area contributed by atoms with E-state index in [2.05, 4.69) is 25.9 Å². The monoisotopic (exact) mass is 904 g/mol. The fourth-order valence-electron chi connectivity index (χ4n) is 5.16. The smallest absolute Gasteiger partial charge is 0.410 e. The maximum atomic E-state index is 15.1. The van der Waals surface area contributed by atoms with Crippen molar-refractivity contribution in [3.63, 3.8) is 0 Å². The molecule has 0 aliphatic rings. The Morgan fingerprint density at radius 3 is 1.66 bits per heavy atom. The molecule has 0 fully saturated rings. The number of rotatable bonds is 10. The van der Waals surface area contributed by atoms with Crippen LogP contribution >= 0.6 is 15.9 Å². The lowest BCUT2D eigenvalue weighted by Gasteiger charge is -2.24. The second kappa shape index (κ2) is 18.1. The van der Waals surface area contributed by atoms with Crippen LogP contribution in [0.4, 0.5) is 14.0 Å². The predicted molar refractivity (Wildman–Crippen MR) is 218 cm³/mol. The minimum absolute atomic E-state index is 0.0218. The SMILES string of the molecule is CN(Cc1cc(Br)n(S(=O)(=O)c2cccnc2)c1)C(=O)OC(C)(C)C.COc1cccc(-c2cc(CN(C)C(=O)OC(C)(C)C)cn2S(=O)(=O)c2cccnc2)c1F. The Bertz CT molecular complexity index is 2450. The lowest BCUT2D eigenvalue weighted by atomic mass is 10.1. The van der Waals surface area contributed by atoms with Crippen LogP contribution in [-0.4, -0.2) is 89.1 Å². The Balaban J connectivity index is 0.000000267. The van der Waals surface area contributed by atoms with Crippen molar-refractivity contribution in [1.82, 2.24) is 27.7 Å². The number of carbonyl (C=O) groups is 2. The first-order chi connectivity index (χ1) is 26.9. The van der Waals surface area contributed by atoms with E-state index in [0.717, 1.165) is 7.94 Å². The van der Waals surface area contributed by atoms with E-state index in [1.54, 1.807) is 66.8 Å². The summed E-state index contributed by atoms with van der Waals surface area (Å²) in [4.78, 5) is 34.8. The van der Waals surface area contributed by atoms with Gasteiger partial charge in [0.15, 0.2) is 11.6 Å². The van der Waals surface area contributed by atoms with E-state index in [0.29, 0.717) is 15.7 Å². The van der Waals surface area contributed by atoms with Gasteiger partial charge in [0.05, 0.1) is 25.9 Å². The number of amides is 2. The molecular formula is C39H46BrFN6O9S2. The number of benzene rings is 1. The van der Waals surface area contributed by atoms with Gasteiger partial charge in [0.1, 0.15) is 25.6 Å². The highest BCUT2D eigenvalue weighted by Crippen LogP contribution is 2.33. The van der Waals surface area contributed by atoms with E-state index < -0.39 is 49.3 Å². The number of pyridine rings is 2. The summed E-state index contributed by atoms with van der Waals surface area (Å²) in [5.41, 5.74) is -0.0475. The summed E-state index contributed by atoms with van der Waals surface area (Å²) < 4.78 is 85.3. The van der Waals surface area contributed by atoms with Crippen LogP contribution < -0.4 is 4.74 Å². The van der Waals surface area contributed by atoms with Crippen molar-refractivity contribution in [2.75, 3.05) is 21.2 Å². The number of ether oxygens (including phenoxy) is 3. The van der Waals surface area contributed by atoms with Crippen molar-refractivity contribution in [2.24, 2.45) is 0 Å². The molecule has 0 bridgehead atoms. The second-order valence-electron chi connectivity index (χ2n) is 14.9. The molecule has 1 aromatic carbocycles. The third-order valence-corrected chi connectivity index (χ3v) is 11.9. The van der Waals surface area contributed by atoms with Crippen LogP contribution in [0.15, 0.2) is 106 Å². The molecule has 0 atom stereocenters. The van der Waals surface area contributed by atoms with E-state index in [1.165, 1.54) is 97.5 Å². The number of aromatic nitrogens is 4. The minimum Gasteiger partial charge on any atom is -0.494 e. The summed E-state index contributed by atoms with van der Waals surface area (Å²) >= 11 is 3.25. The van der Waals surface area contributed by atoms with Crippen LogP contribution in [0.5, 0.6) is 5.75 Å². The number of nitrogens with zero attached hydrogens (tertiary/aromatic N) is 6. The van der Waals surface area contributed by atoms with Gasteiger partial charge in [-0.3, -0.25) is 9.97 Å². The van der Waals surface area contributed by atoms with Gasteiger partial charge in [0.25, 0.3) is 20.0 Å². The second-order valence-corrected chi connectivity index (χ2v) is 19.3. The predicted octanol–water partition coefficient (Wildman–Crippen LogP) is 7.55. The highest BCUT2D eigenvalue weighted by Gasteiger charge is 2.27. The van der Waals surface area contributed by atoms with Gasteiger partial charge >= 0.3 is 12.2 Å². The largest absolute Gasteiger partial charge is 0.494 e. The summed E-state index contributed by atoms with van der Waals surface area (Å²) in [6.07, 6.45) is 7.24. The van der Waals surface area contributed by atoms with Crippen molar-refractivity contribution < 1.29 is 45.0 Å². The molecule has 19 heteroatoms. The lowest BCUT2D eigenvalue weighted by molar-refractivity contribution is 0.0275. The zero-order valence-electron chi connectivity index (χ0n) is 33.5. The zero-order valence-corrected chi connectivity index (χ0v) is 36.7. The molecule has 0 radical (unpaired) electrons. The first-order valence-corrected chi connectivity index (χ1v) is 21.2. The summed E-state index contributed by atoms with van der Waals surface area (Å²) in [7, 11) is -3.41. The molecule has 0 aliphatic heterocycles. The molecule has 312 valence electrons. The molecule has 4 aromatic heterocycles. The molecule has 2 amide bonds. The molecule has 4 heterocycles. The normalized spacial score (nSPS) is 11.9. The number of methoxy groups -OCH3 is 1. The van der Waals surface area contributed by atoms with Gasteiger partial charge in [-0.1, -0.05) is 6.07 Å². The molecule has 0 saturated carbocycles. The van der Waals surface area contributed by atoms with Crippen molar-refractivity contribution in [3.8, 4) is 17.0 Å². The molecule has 0 aliphatic carbocycles. The molecule has 0 N–H and O–H groups in total. The lowest BCUT2D eigenvalue weighted by Crippen LogP contribution is -2.33. The standard InChI is InChI=1S/C23H26FN3O5S.C16H20BrN3O4S/c1-23(2,3)32-22(28)26(4)14-16-12-19(18-9-6-10-20(31-5)21(18)24)27(15-16)33(29,30)17-8-7-11-25-13-17;1-16(2,3)24-15(21)19(4)10-12-8-14(17)20(11-12)25(22,23)13-6-5-7-18-9-13/h6-13,15H,14H2,1-5H3;5-9,11H,10H2,1-4H3. The van der Waals surface area contributed by atoms with Gasteiger partial charge in [0, 0.05) is 56.8 Å². The molecule has 0 spiro atoms. The Morgan fingerprint density at radius 2 is 1.21 bits per heavy atom. The Kier molecular flexibility index (Phi) is 14.2. The van der Waals surface area contributed by atoms with Gasteiger partial charge in [-0.05, 0) is 117 Å². The minimum atomic E-state index is -4.11. The fourth-order valence-corrected chi connectivity index (χ4v) is 8.72. The van der Waals surface area contributed by atoms with Gasteiger partial charge in [-0.15, -0.1) is 0 Å². The number of hydrogen-bond acceptors (Lipinski definition) is 11.